The summed E-state index contributed by atoms with van der Waals surface area (Å²) in [6, 6.07) is 19.1. The molecule has 0 radical (unpaired) electrons. The van der Waals surface area contributed by atoms with Crippen LogP contribution in [0.2, 0.25) is 5.02 Å². The van der Waals surface area contributed by atoms with E-state index in [1.165, 1.54) is 0 Å². The molecule has 1 aromatic heterocycles. The average Bonchev–Trinajstić information content (AvgIpc) is 2.76. The molecule has 0 aliphatic carbocycles. The monoisotopic (exact) mass is 434 g/mol. The first kappa shape index (κ1) is 20.6. The topological polar surface area (TPSA) is 81.4 Å². The number of anilines is 1. The highest BCUT2D eigenvalue weighted by molar-refractivity contribution is 6.30. The zero-order valence-electron chi connectivity index (χ0n) is 16.9. The highest BCUT2D eigenvalue weighted by Crippen LogP contribution is 2.24. The number of para-hydroxylation sites is 1. The van der Waals surface area contributed by atoms with Crippen molar-refractivity contribution < 1.29 is 13.9 Å². The number of benzene rings is 3. The maximum atomic E-state index is 12.5. The van der Waals surface area contributed by atoms with Crippen LogP contribution in [0.25, 0.3) is 22.4 Å². The SMILES string of the molecule is Cc1cc(Cl)ccc1OC(C)C(=O)Nc1ccc(-c2nc3ccccc3c(=O)o2)cc1. The van der Waals surface area contributed by atoms with E-state index in [2.05, 4.69) is 10.3 Å². The smallest absolute Gasteiger partial charge is 0.347 e. The van der Waals surface area contributed by atoms with Crippen molar-refractivity contribution in [2.45, 2.75) is 20.0 Å². The maximum Gasteiger partial charge on any atom is 0.347 e. The molecule has 1 heterocycles. The van der Waals surface area contributed by atoms with Gasteiger partial charge in [-0.15, -0.1) is 0 Å². The summed E-state index contributed by atoms with van der Waals surface area (Å²) in [7, 11) is 0. The van der Waals surface area contributed by atoms with Crippen LogP contribution in [0.3, 0.4) is 0 Å². The molecule has 4 aromatic rings. The summed E-state index contributed by atoms with van der Waals surface area (Å²) >= 11 is 5.95. The molecule has 0 saturated carbocycles. The number of aryl methyl sites for hydroxylation is 1. The zero-order valence-corrected chi connectivity index (χ0v) is 17.6. The van der Waals surface area contributed by atoms with Crippen LogP contribution in [0.4, 0.5) is 5.69 Å². The fourth-order valence-corrected chi connectivity index (χ4v) is 3.30. The Morgan fingerprint density at radius 3 is 2.58 bits per heavy atom. The van der Waals surface area contributed by atoms with Crippen LogP contribution in [-0.2, 0) is 4.79 Å². The Labute approximate surface area is 183 Å². The number of hydrogen-bond donors (Lipinski definition) is 1. The van der Waals surface area contributed by atoms with Crippen LogP contribution >= 0.6 is 11.6 Å². The largest absolute Gasteiger partial charge is 0.481 e. The van der Waals surface area contributed by atoms with Crippen molar-refractivity contribution in [2.24, 2.45) is 0 Å². The van der Waals surface area contributed by atoms with Gasteiger partial charge in [0.2, 0.25) is 5.89 Å². The Kier molecular flexibility index (Phi) is 5.73. The number of carbonyl (C=O) groups excluding carboxylic acids is 1. The lowest BCUT2D eigenvalue weighted by Gasteiger charge is -2.16. The molecule has 1 N–H and O–H groups in total. The van der Waals surface area contributed by atoms with Crippen LogP contribution in [0.15, 0.2) is 75.9 Å². The molecule has 31 heavy (non-hydrogen) atoms. The normalized spacial score (nSPS) is 11.8. The standard InChI is InChI=1S/C24H19ClN2O4/c1-14-13-17(25)9-12-21(14)30-15(2)22(28)26-18-10-7-16(8-11-18)23-27-20-6-4-3-5-19(20)24(29)31-23/h3-13,15H,1-2H3,(H,26,28). The van der Waals surface area contributed by atoms with Gasteiger partial charge in [0.1, 0.15) is 5.75 Å². The molecule has 0 bridgehead atoms. The summed E-state index contributed by atoms with van der Waals surface area (Å²) in [6.45, 7) is 3.54. The number of hydrogen-bond acceptors (Lipinski definition) is 5. The Hall–Kier alpha value is -3.64. The highest BCUT2D eigenvalue weighted by Gasteiger charge is 2.16. The van der Waals surface area contributed by atoms with Gasteiger partial charge in [-0.2, -0.15) is 0 Å². The summed E-state index contributed by atoms with van der Waals surface area (Å²) in [5, 5.41) is 3.85. The van der Waals surface area contributed by atoms with Crippen molar-refractivity contribution in [3.05, 3.63) is 87.7 Å². The molecule has 0 spiro atoms. The van der Waals surface area contributed by atoms with Gasteiger partial charge in [0.05, 0.1) is 10.9 Å². The molecule has 6 nitrogen and oxygen atoms in total. The molecular formula is C24H19ClN2O4. The first-order valence-corrected chi connectivity index (χ1v) is 10.0. The number of rotatable bonds is 5. The molecule has 0 fully saturated rings. The quantitative estimate of drug-likeness (QED) is 0.465. The van der Waals surface area contributed by atoms with Crippen molar-refractivity contribution in [1.29, 1.82) is 0 Å². The second-order valence-electron chi connectivity index (χ2n) is 7.06. The molecule has 3 aromatic carbocycles. The van der Waals surface area contributed by atoms with Crippen LogP contribution in [-0.4, -0.2) is 17.0 Å². The molecule has 1 amide bonds. The van der Waals surface area contributed by atoms with Gasteiger partial charge in [0.15, 0.2) is 6.10 Å². The lowest BCUT2D eigenvalue weighted by atomic mass is 10.2. The van der Waals surface area contributed by atoms with Crippen molar-refractivity contribution >= 4 is 34.1 Å². The average molecular weight is 435 g/mol. The van der Waals surface area contributed by atoms with E-state index in [0.29, 0.717) is 32.9 Å². The lowest BCUT2D eigenvalue weighted by molar-refractivity contribution is -0.122. The summed E-state index contributed by atoms with van der Waals surface area (Å²) in [6.07, 6.45) is -0.709. The number of fused-ring (bicyclic) bond motifs is 1. The molecular weight excluding hydrogens is 416 g/mol. The van der Waals surface area contributed by atoms with Gasteiger partial charge < -0.3 is 14.5 Å². The van der Waals surface area contributed by atoms with Crippen LogP contribution in [0.5, 0.6) is 5.75 Å². The molecule has 1 unspecified atom stereocenters. The second kappa shape index (κ2) is 8.62. The van der Waals surface area contributed by atoms with E-state index in [1.54, 1.807) is 67.6 Å². The van der Waals surface area contributed by atoms with Crippen molar-refractivity contribution in [1.82, 2.24) is 4.98 Å². The van der Waals surface area contributed by atoms with Crippen molar-refractivity contribution in [3.63, 3.8) is 0 Å². The molecule has 0 saturated heterocycles. The van der Waals surface area contributed by atoms with E-state index < -0.39 is 11.7 Å². The van der Waals surface area contributed by atoms with E-state index in [0.717, 1.165) is 5.56 Å². The minimum Gasteiger partial charge on any atom is -0.481 e. The predicted octanol–water partition coefficient (Wildman–Crippen LogP) is 5.22. The predicted molar refractivity (Wildman–Crippen MR) is 121 cm³/mol. The Bertz CT molecular complexity index is 1320. The molecule has 7 heteroatoms. The van der Waals surface area contributed by atoms with E-state index in [4.69, 9.17) is 20.8 Å². The minimum absolute atomic E-state index is 0.219. The Morgan fingerprint density at radius 1 is 1.10 bits per heavy atom. The first-order chi connectivity index (χ1) is 14.9. The second-order valence-corrected chi connectivity index (χ2v) is 7.50. The number of nitrogens with one attached hydrogen (secondary N) is 1. The third-order valence-electron chi connectivity index (χ3n) is 4.74. The molecule has 0 aliphatic rings. The van der Waals surface area contributed by atoms with Gasteiger partial charge in [0.25, 0.3) is 5.91 Å². The van der Waals surface area contributed by atoms with Crippen LogP contribution in [0.1, 0.15) is 12.5 Å². The first-order valence-electron chi connectivity index (χ1n) is 9.65. The van der Waals surface area contributed by atoms with E-state index in [-0.39, 0.29) is 11.8 Å². The molecule has 156 valence electrons. The minimum atomic E-state index is -0.709. The molecule has 4 rings (SSSR count). The summed E-state index contributed by atoms with van der Waals surface area (Å²) in [5.74, 6) is 0.522. The summed E-state index contributed by atoms with van der Waals surface area (Å²) in [4.78, 5) is 29.1. The zero-order chi connectivity index (χ0) is 22.0. The van der Waals surface area contributed by atoms with Gasteiger partial charge in [-0.05, 0) is 74.0 Å². The number of nitrogens with zero attached hydrogens (tertiary/aromatic N) is 1. The van der Waals surface area contributed by atoms with Crippen molar-refractivity contribution in [2.75, 3.05) is 5.32 Å². The third-order valence-corrected chi connectivity index (χ3v) is 4.98. The maximum absolute atomic E-state index is 12.5. The van der Waals surface area contributed by atoms with Crippen LogP contribution < -0.4 is 15.7 Å². The molecule has 1 atom stereocenters. The van der Waals surface area contributed by atoms with E-state index >= 15 is 0 Å². The van der Waals surface area contributed by atoms with Gasteiger partial charge in [0, 0.05) is 16.3 Å². The van der Waals surface area contributed by atoms with Gasteiger partial charge >= 0.3 is 5.63 Å². The van der Waals surface area contributed by atoms with Crippen LogP contribution in [0, 0.1) is 6.92 Å². The van der Waals surface area contributed by atoms with Gasteiger partial charge in [-0.1, -0.05) is 23.7 Å². The van der Waals surface area contributed by atoms with E-state index in [9.17, 15) is 9.59 Å². The van der Waals surface area contributed by atoms with Gasteiger partial charge in [-0.3, -0.25) is 4.79 Å². The summed E-state index contributed by atoms with van der Waals surface area (Å²) < 4.78 is 11.1. The number of aromatic nitrogens is 1. The summed E-state index contributed by atoms with van der Waals surface area (Å²) in [5.41, 5.74) is 2.18. The van der Waals surface area contributed by atoms with Crippen molar-refractivity contribution in [3.8, 4) is 17.2 Å². The Balaban J connectivity index is 1.47. The number of amides is 1. The van der Waals surface area contributed by atoms with Gasteiger partial charge in [-0.25, -0.2) is 9.78 Å². The number of halogens is 1. The lowest BCUT2D eigenvalue weighted by Crippen LogP contribution is -2.30. The van der Waals surface area contributed by atoms with E-state index in [1.807, 2.05) is 13.0 Å². The fourth-order valence-electron chi connectivity index (χ4n) is 3.07. The highest BCUT2D eigenvalue weighted by atomic mass is 35.5. The third kappa shape index (κ3) is 4.59. The number of carbonyl (C=O) groups is 1. The Morgan fingerprint density at radius 2 is 1.84 bits per heavy atom. The molecule has 0 aliphatic heterocycles. The number of ether oxygens (including phenoxy) is 1. The fraction of sp³-hybridized carbons (Fsp3) is 0.125.